The molecule has 0 bridgehead atoms. The molecular weight excluding hydrogens is 349 g/mol. The average Bonchev–Trinajstić information content (AvgIpc) is 3.51. The third-order valence-electron chi connectivity index (χ3n) is 5.62. The van der Waals surface area contributed by atoms with Gasteiger partial charge < -0.3 is 5.32 Å². The lowest BCUT2D eigenvalue weighted by Gasteiger charge is -2.26. The van der Waals surface area contributed by atoms with Crippen LogP contribution >= 0.6 is 0 Å². The lowest BCUT2D eigenvalue weighted by Crippen LogP contribution is -2.38. The molecule has 3 aromatic rings. The fourth-order valence-corrected chi connectivity index (χ4v) is 4.11. The number of rotatable bonds is 6. The van der Waals surface area contributed by atoms with E-state index in [2.05, 4.69) is 29.6 Å². The van der Waals surface area contributed by atoms with E-state index in [0.717, 1.165) is 0 Å². The first kappa shape index (κ1) is 18.4. The van der Waals surface area contributed by atoms with Crippen molar-refractivity contribution in [2.75, 3.05) is 0 Å². The number of carbonyl (C=O) groups is 1. The number of halogens is 1. The minimum absolute atomic E-state index is 0.0117. The van der Waals surface area contributed by atoms with Gasteiger partial charge in [-0.2, -0.15) is 0 Å². The van der Waals surface area contributed by atoms with Gasteiger partial charge in [0.25, 0.3) is 0 Å². The highest BCUT2D eigenvalue weighted by molar-refractivity contribution is 5.83. The van der Waals surface area contributed by atoms with Crippen LogP contribution in [0.3, 0.4) is 0 Å². The minimum Gasteiger partial charge on any atom is -0.352 e. The first-order valence-electron chi connectivity index (χ1n) is 9.80. The predicted octanol–water partition coefficient (Wildman–Crippen LogP) is 5.27. The zero-order valence-corrected chi connectivity index (χ0v) is 15.9. The van der Waals surface area contributed by atoms with Crippen LogP contribution in [0.1, 0.15) is 41.9 Å². The Labute approximate surface area is 165 Å². The molecule has 1 fully saturated rings. The Balaban J connectivity index is 1.50. The van der Waals surface area contributed by atoms with Crippen LogP contribution in [-0.4, -0.2) is 11.9 Å². The van der Waals surface area contributed by atoms with Crippen LogP contribution in [0.2, 0.25) is 0 Å². The summed E-state index contributed by atoms with van der Waals surface area (Å²) in [6, 6.07) is 27.2. The Morgan fingerprint density at radius 1 is 0.893 bits per heavy atom. The first-order chi connectivity index (χ1) is 13.6. The van der Waals surface area contributed by atoms with Crippen LogP contribution in [0, 0.1) is 11.7 Å². The monoisotopic (exact) mass is 373 g/mol. The standard InChI is InChI=1S/C25H24FNO/c1-17(24(18-10-4-2-5-11-18)19-12-6-3-7-13-19)27-25(28)22-16-21(22)20-14-8-9-15-23(20)26/h2-15,17,21-22,24H,16H2,1H3,(H,27,28). The Hall–Kier alpha value is -2.94. The van der Waals surface area contributed by atoms with Crippen molar-refractivity contribution in [3.63, 3.8) is 0 Å². The highest BCUT2D eigenvalue weighted by Crippen LogP contribution is 2.48. The van der Waals surface area contributed by atoms with Crippen molar-refractivity contribution in [1.82, 2.24) is 5.32 Å². The number of hydrogen-bond donors (Lipinski definition) is 1. The van der Waals surface area contributed by atoms with E-state index in [0.29, 0.717) is 12.0 Å². The fraction of sp³-hybridized carbons (Fsp3) is 0.240. The smallest absolute Gasteiger partial charge is 0.223 e. The maximum atomic E-state index is 14.0. The number of hydrogen-bond acceptors (Lipinski definition) is 1. The highest BCUT2D eigenvalue weighted by atomic mass is 19.1. The van der Waals surface area contributed by atoms with Crippen molar-refractivity contribution in [1.29, 1.82) is 0 Å². The summed E-state index contributed by atoms with van der Waals surface area (Å²) in [7, 11) is 0. The summed E-state index contributed by atoms with van der Waals surface area (Å²) in [6.07, 6.45) is 0.709. The topological polar surface area (TPSA) is 29.1 Å². The van der Waals surface area contributed by atoms with E-state index in [1.807, 2.05) is 49.4 Å². The summed E-state index contributed by atoms with van der Waals surface area (Å²) in [6.45, 7) is 2.04. The van der Waals surface area contributed by atoms with Crippen molar-refractivity contribution in [3.8, 4) is 0 Å². The van der Waals surface area contributed by atoms with Crippen LogP contribution in [-0.2, 0) is 4.79 Å². The zero-order valence-electron chi connectivity index (χ0n) is 15.9. The van der Waals surface area contributed by atoms with E-state index in [-0.39, 0.29) is 35.5 Å². The molecule has 4 rings (SSSR count). The summed E-state index contributed by atoms with van der Waals surface area (Å²) in [5.74, 6) is -0.302. The van der Waals surface area contributed by atoms with Crippen LogP contribution < -0.4 is 5.32 Å². The molecule has 3 aromatic carbocycles. The van der Waals surface area contributed by atoms with Gasteiger partial charge in [-0.05, 0) is 42.0 Å². The normalized spacial score (nSPS) is 19.2. The van der Waals surface area contributed by atoms with Gasteiger partial charge in [-0.25, -0.2) is 4.39 Å². The molecule has 0 spiro atoms. The number of amides is 1. The maximum absolute atomic E-state index is 14.0. The van der Waals surface area contributed by atoms with E-state index >= 15 is 0 Å². The molecular formula is C25H24FNO. The van der Waals surface area contributed by atoms with E-state index in [9.17, 15) is 9.18 Å². The fourth-order valence-electron chi connectivity index (χ4n) is 4.11. The average molecular weight is 373 g/mol. The summed E-state index contributed by atoms with van der Waals surface area (Å²) in [4.78, 5) is 12.8. The van der Waals surface area contributed by atoms with Crippen molar-refractivity contribution >= 4 is 5.91 Å². The molecule has 142 valence electrons. The molecule has 0 radical (unpaired) electrons. The molecule has 0 saturated heterocycles. The van der Waals surface area contributed by atoms with Crippen LogP contribution in [0.25, 0.3) is 0 Å². The Morgan fingerprint density at radius 2 is 1.43 bits per heavy atom. The Bertz CT molecular complexity index is 902. The van der Waals surface area contributed by atoms with Gasteiger partial charge >= 0.3 is 0 Å². The Morgan fingerprint density at radius 3 is 2.00 bits per heavy atom. The van der Waals surface area contributed by atoms with Gasteiger partial charge in [-0.3, -0.25) is 4.79 Å². The van der Waals surface area contributed by atoms with Gasteiger partial charge in [0.1, 0.15) is 5.82 Å². The molecule has 0 heterocycles. The third-order valence-corrected chi connectivity index (χ3v) is 5.62. The third kappa shape index (κ3) is 3.84. The van der Waals surface area contributed by atoms with Gasteiger partial charge in [-0.1, -0.05) is 78.9 Å². The van der Waals surface area contributed by atoms with Crippen LogP contribution in [0.15, 0.2) is 84.9 Å². The summed E-state index contributed by atoms with van der Waals surface area (Å²) in [5, 5.41) is 3.20. The molecule has 3 heteroatoms. The molecule has 1 N–H and O–H groups in total. The maximum Gasteiger partial charge on any atom is 0.223 e. The minimum atomic E-state index is -0.220. The largest absolute Gasteiger partial charge is 0.352 e. The molecule has 0 aromatic heterocycles. The second-order valence-corrected chi connectivity index (χ2v) is 7.57. The molecule has 1 aliphatic rings. The lowest BCUT2D eigenvalue weighted by molar-refractivity contribution is -0.123. The van der Waals surface area contributed by atoms with Gasteiger partial charge in [0.2, 0.25) is 5.91 Å². The van der Waals surface area contributed by atoms with Crippen molar-refractivity contribution in [2.24, 2.45) is 5.92 Å². The highest BCUT2D eigenvalue weighted by Gasteiger charge is 2.45. The summed E-state index contributed by atoms with van der Waals surface area (Å²) in [5.41, 5.74) is 2.99. The lowest BCUT2D eigenvalue weighted by atomic mass is 9.85. The number of carbonyl (C=O) groups excluding carboxylic acids is 1. The van der Waals surface area contributed by atoms with Gasteiger partial charge in [0, 0.05) is 17.9 Å². The number of nitrogens with one attached hydrogen (secondary N) is 1. The van der Waals surface area contributed by atoms with Crippen molar-refractivity contribution < 1.29 is 9.18 Å². The summed E-state index contributed by atoms with van der Waals surface area (Å²) < 4.78 is 14.0. The molecule has 28 heavy (non-hydrogen) atoms. The first-order valence-corrected chi connectivity index (χ1v) is 9.80. The van der Waals surface area contributed by atoms with Crippen molar-refractivity contribution in [3.05, 3.63) is 107 Å². The molecule has 1 amide bonds. The molecule has 1 saturated carbocycles. The Kier molecular flexibility index (Phi) is 5.25. The molecule has 3 atom stereocenters. The zero-order chi connectivity index (χ0) is 19.5. The van der Waals surface area contributed by atoms with E-state index < -0.39 is 0 Å². The van der Waals surface area contributed by atoms with Crippen molar-refractivity contribution in [2.45, 2.75) is 31.2 Å². The van der Waals surface area contributed by atoms with Gasteiger partial charge in [-0.15, -0.1) is 0 Å². The second-order valence-electron chi connectivity index (χ2n) is 7.57. The summed E-state index contributed by atoms with van der Waals surface area (Å²) >= 11 is 0. The van der Waals surface area contributed by atoms with Gasteiger partial charge in [0.15, 0.2) is 0 Å². The molecule has 1 aliphatic carbocycles. The number of benzene rings is 3. The van der Waals surface area contributed by atoms with Crippen LogP contribution in [0.5, 0.6) is 0 Å². The van der Waals surface area contributed by atoms with Gasteiger partial charge in [0.05, 0.1) is 0 Å². The molecule has 0 aliphatic heterocycles. The second kappa shape index (κ2) is 7.97. The quantitative estimate of drug-likeness (QED) is 0.627. The predicted molar refractivity (Wildman–Crippen MR) is 110 cm³/mol. The molecule has 2 nitrogen and oxygen atoms in total. The van der Waals surface area contributed by atoms with E-state index in [1.165, 1.54) is 17.2 Å². The van der Waals surface area contributed by atoms with E-state index in [1.54, 1.807) is 12.1 Å². The van der Waals surface area contributed by atoms with E-state index in [4.69, 9.17) is 0 Å². The SMILES string of the molecule is CC(NC(=O)C1CC1c1ccccc1F)C(c1ccccc1)c1ccccc1. The van der Waals surface area contributed by atoms with Crippen LogP contribution in [0.4, 0.5) is 4.39 Å². The molecule has 3 unspecified atom stereocenters.